The third-order valence-electron chi connectivity index (χ3n) is 2.74. The molecule has 0 atom stereocenters. The minimum atomic E-state index is -1.21. The Hall–Kier alpha value is -2.07. The molecular weight excluding hydrogens is 254 g/mol. The van der Waals surface area contributed by atoms with Gasteiger partial charge in [-0.15, -0.1) is 0 Å². The lowest BCUT2D eigenvalue weighted by Crippen LogP contribution is -2.15. The van der Waals surface area contributed by atoms with E-state index < -0.39 is 5.97 Å². The minimum absolute atomic E-state index is 0.0832. The molecule has 0 amide bonds. The molecule has 0 radical (unpaired) electrons. The number of carboxylic acids is 1. The fourth-order valence-corrected chi connectivity index (χ4v) is 1.95. The normalized spacial score (nSPS) is 10.6. The van der Waals surface area contributed by atoms with Crippen LogP contribution in [0.3, 0.4) is 0 Å². The molecule has 18 heavy (non-hydrogen) atoms. The average molecular weight is 264 g/mol. The van der Waals surface area contributed by atoms with Gasteiger partial charge in [-0.2, -0.15) is 0 Å². The van der Waals surface area contributed by atoms with Crippen molar-refractivity contribution in [2.75, 3.05) is 0 Å². The predicted octanol–water partition coefficient (Wildman–Crippen LogP) is 2.29. The monoisotopic (exact) mass is 263 g/mol. The van der Waals surface area contributed by atoms with Crippen LogP contribution in [0.5, 0.6) is 0 Å². The van der Waals surface area contributed by atoms with Crippen LogP contribution in [0.2, 0.25) is 5.02 Å². The zero-order valence-electron chi connectivity index (χ0n) is 9.61. The molecule has 0 saturated carbocycles. The second-order valence-electron chi connectivity index (χ2n) is 3.93. The molecule has 0 aliphatic rings. The first kappa shape index (κ1) is 12.4. The van der Waals surface area contributed by atoms with Gasteiger partial charge in [0, 0.05) is 23.7 Å². The Labute approximate surface area is 108 Å². The Morgan fingerprint density at radius 1 is 1.44 bits per heavy atom. The summed E-state index contributed by atoms with van der Waals surface area (Å²) in [5, 5.41) is 9.83. The van der Waals surface area contributed by atoms with Crippen LogP contribution in [-0.2, 0) is 11.8 Å². The number of benzene rings is 1. The molecule has 1 aromatic heterocycles. The Morgan fingerprint density at radius 3 is 2.72 bits per heavy atom. The Kier molecular flexibility index (Phi) is 2.97. The summed E-state index contributed by atoms with van der Waals surface area (Å²) < 4.78 is 1.66. The molecule has 92 valence electrons. The number of aliphatic carboxylic acids is 1. The van der Waals surface area contributed by atoms with E-state index in [-0.39, 0.29) is 16.6 Å². The number of nitrogens with zero attached hydrogens (tertiary/aromatic N) is 1. The summed E-state index contributed by atoms with van der Waals surface area (Å²) in [6, 6.07) is 4.84. The van der Waals surface area contributed by atoms with Gasteiger partial charge in [0.2, 0.25) is 0 Å². The number of rotatable bonds is 2. The molecule has 0 aliphatic heterocycles. The van der Waals surface area contributed by atoms with E-state index >= 15 is 0 Å². The molecule has 0 saturated heterocycles. The highest BCUT2D eigenvalue weighted by Gasteiger charge is 2.14. The highest BCUT2D eigenvalue weighted by molar-refractivity contribution is 6.31. The fourth-order valence-electron chi connectivity index (χ4n) is 1.79. The van der Waals surface area contributed by atoms with E-state index in [1.165, 1.54) is 6.20 Å². The molecular formula is C13H10ClNO3. The average Bonchev–Trinajstić information content (AvgIpc) is 2.32. The van der Waals surface area contributed by atoms with Crippen molar-refractivity contribution in [2.45, 2.75) is 0 Å². The SMILES string of the molecule is C=C(C(=O)O)c1cn(C)c2cc(Cl)ccc2c1=O. The first-order valence-corrected chi connectivity index (χ1v) is 5.51. The van der Waals surface area contributed by atoms with Gasteiger partial charge >= 0.3 is 5.97 Å². The van der Waals surface area contributed by atoms with Crippen molar-refractivity contribution in [1.82, 2.24) is 4.57 Å². The molecule has 1 heterocycles. The maximum atomic E-state index is 12.2. The summed E-state index contributed by atoms with van der Waals surface area (Å²) in [7, 11) is 1.72. The van der Waals surface area contributed by atoms with Crippen molar-refractivity contribution < 1.29 is 9.90 Å². The van der Waals surface area contributed by atoms with Crippen LogP contribution < -0.4 is 5.43 Å². The lowest BCUT2D eigenvalue weighted by molar-refractivity contribution is -0.130. The van der Waals surface area contributed by atoms with Crippen LogP contribution in [0.15, 0.2) is 35.8 Å². The van der Waals surface area contributed by atoms with Gasteiger partial charge in [0.1, 0.15) is 0 Å². The molecule has 0 spiro atoms. The van der Waals surface area contributed by atoms with E-state index in [2.05, 4.69) is 6.58 Å². The van der Waals surface area contributed by atoms with Gasteiger partial charge in [-0.25, -0.2) is 4.79 Å². The standard InChI is InChI=1S/C13H10ClNO3/c1-7(13(17)18)10-6-15(2)11-5-8(14)3-4-9(11)12(10)16/h3-6H,1H2,2H3,(H,17,18). The van der Waals surface area contributed by atoms with Crippen molar-refractivity contribution in [3.05, 3.63) is 51.8 Å². The van der Waals surface area contributed by atoms with E-state index in [1.54, 1.807) is 29.8 Å². The van der Waals surface area contributed by atoms with Crippen LogP contribution in [0.1, 0.15) is 5.56 Å². The highest BCUT2D eigenvalue weighted by atomic mass is 35.5. The number of fused-ring (bicyclic) bond motifs is 1. The van der Waals surface area contributed by atoms with Crippen LogP contribution in [0.4, 0.5) is 0 Å². The van der Waals surface area contributed by atoms with Gasteiger partial charge in [-0.3, -0.25) is 4.79 Å². The topological polar surface area (TPSA) is 59.3 Å². The molecule has 5 heteroatoms. The zero-order chi connectivity index (χ0) is 13.4. The van der Waals surface area contributed by atoms with Crippen LogP contribution in [0.25, 0.3) is 16.5 Å². The third-order valence-corrected chi connectivity index (χ3v) is 2.97. The number of pyridine rings is 1. The molecule has 1 N–H and O–H groups in total. The maximum Gasteiger partial charge on any atom is 0.335 e. The number of carboxylic acid groups (broad SMARTS) is 1. The lowest BCUT2D eigenvalue weighted by Gasteiger charge is -2.09. The van der Waals surface area contributed by atoms with Crippen molar-refractivity contribution in [1.29, 1.82) is 0 Å². The van der Waals surface area contributed by atoms with E-state index in [1.807, 2.05) is 0 Å². The molecule has 0 unspecified atom stereocenters. The summed E-state index contributed by atoms with van der Waals surface area (Å²) in [6.07, 6.45) is 1.46. The molecule has 4 nitrogen and oxygen atoms in total. The quantitative estimate of drug-likeness (QED) is 0.846. The van der Waals surface area contributed by atoms with Gasteiger partial charge in [0.05, 0.1) is 16.7 Å². The predicted molar refractivity (Wildman–Crippen MR) is 70.9 cm³/mol. The first-order chi connectivity index (χ1) is 8.41. The fraction of sp³-hybridized carbons (Fsp3) is 0.0769. The highest BCUT2D eigenvalue weighted by Crippen LogP contribution is 2.19. The Balaban J connectivity index is 2.85. The number of halogens is 1. The Bertz CT molecular complexity index is 731. The van der Waals surface area contributed by atoms with E-state index in [9.17, 15) is 9.59 Å². The van der Waals surface area contributed by atoms with Gasteiger partial charge in [0.15, 0.2) is 5.43 Å². The van der Waals surface area contributed by atoms with Gasteiger partial charge in [-0.1, -0.05) is 18.2 Å². The molecule has 2 rings (SSSR count). The van der Waals surface area contributed by atoms with E-state index in [4.69, 9.17) is 16.7 Å². The third kappa shape index (κ3) is 1.91. The number of carbonyl (C=O) groups is 1. The molecule has 0 aliphatic carbocycles. The summed E-state index contributed by atoms with van der Waals surface area (Å²) in [5.41, 5.74) is 0.161. The number of aromatic nitrogens is 1. The second kappa shape index (κ2) is 4.31. The number of hydrogen-bond acceptors (Lipinski definition) is 2. The molecule has 2 aromatic rings. The van der Waals surface area contributed by atoms with Gasteiger partial charge in [-0.05, 0) is 18.2 Å². The van der Waals surface area contributed by atoms with Crippen molar-refractivity contribution in [3.63, 3.8) is 0 Å². The van der Waals surface area contributed by atoms with Crippen LogP contribution in [0, 0.1) is 0 Å². The largest absolute Gasteiger partial charge is 0.478 e. The lowest BCUT2D eigenvalue weighted by atomic mass is 10.1. The molecule has 1 aromatic carbocycles. The summed E-state index contributed by atoms with van der Waals surface area (Å²) >= 11 is 5.87. The number of aryl methyl sites for hydroxylation is 1. The zero-order valence-corrected chi connectivity index (χ0v) is 10.4. The maximum absolute atomic E-state index is 12.2. The summed E-state index contributed by atoms with van der Waals surface area (Å²) in [6.45, 7) is 3.41. The van der Waals surface area contributed by atoms with Crippen LogP contribution >= 0.6 is 11.6 Å². The Morgan fingerprint density at radius 2 is 2.11 bits per heavy atom. The smallest absolute Gasteiger partial charge is 0.335 e. The van der Waals surface area contributed by atoms with Crippen molar-refractivity contribution in [2.24, 2.45) is 7.05 Å². The van der Waals surface area contributed by atoms with Gasteiger partial charge in [0.25, 0.3) is 0 Å². The summed E-state index contributed by atoms with van der Waals surface area (Å²) in [5.74, 6) is -1.21. The molecule has 0 fully saturated rings. The van der Waals surface area contributed by atoms with E-state index in [0.717, 1.165) is 0 Å². The van der Waals surface area contributed by atoms with Crippen molar-refractivity contribution >= 4 is 34.0 Å². The summed E-state index contributed by atoms with van der Waals surface area (Å²) in [4.78, 5) is 23.0. The van der Waals surface area contributed by atoms with E-state index in [0.29, 0.717) is 15.9 Å². The first-order valence-electron chi connectivity index (χ1n) is 5.13. The van der Waals surface area contributed by atoms with Gasteiger partial charge < -0.3 is 9.67 Å². The molecule has 0 bridgehead atoms. The van der Waals surface area contributed by atoms with Crippen LogP contribution in [-0.4, -0.2) is 15.6 Å². The minimum Gasteiger partial charge on any atom is -0.478 e. The second-order valence-corrected chi connectivity index (χ2v) is 4.36. The van der Waals surface area contributed by atoms with Crippen molar-refractivity contribution in [3.8, 4) is 0 Å². The number of hydrogen-bond donors (Lipinski definition) is 1.